The summed E-state index contributed by atoms with van der Waals surface area (Å²) in [6, 6.07) is 6.22. The number of carboxylic acids is 1. The molecule has 3 atom stereocenters. The standard InChI is InChI=1S/C22H33N3O5S/c1-14(2)12-18(24-20(27)17(10-11-31-4)23-15(3)26)21(28)25-19(22(29)30)13-16-8-6-5-7-9-16/h5-9,14,17-19H,10-13H2,1-4H3,(H,23,26)(H,24,27)(H,25,28)(H,29,30)/t17-,18-,19-/m0/s1. The van der Waals surface area contributed by atoms with Gasteiger partial charge in [-0.15, -0.1) is 0 Å². The molecule has 4 N–H and O–H groups in total. The number of hydrogen-bond acceptors (Lipinski definition) is 5. The van der Waals surface area contributed by atoms with Gasteiger partial charge in [0, 0.05) is 13.3 Å². The third-order valence-corrected chi connectivity index (χ3v) is 5.19. The van der Waals surface area contributed by atoms with E-state index in [9.17, 15) is 24.3 Å². The minimum Gasteiger partial charge on any atom is -0.480 e. The normalized spacial score (nSPS) is 13.7. The molecule has 0 heterocycles. The van der Waals surface area contributed by atoms with Gasteiger partial charge in [0.15, 0.2) is 0 Å². The average molecular weight is 452 g/mol. The summed E-state index contributed by atoms with van der Waals surface area (Å²) in [7, 11) is 0. The number of aliphatic carboxylic acids is 1. The van der Waals surface area contributed by atoms with Crippen LogP contribution in [0.5, 0.6) is 0 Å². The molecule has 1 rings (SSSR count). The average Bonchev–Trinajstić information content (AvgIpc) is 2.70. The van der Waals surface area contributed by atoms with Crippen LogP contribution in [0.3, 0.4) is 0 Å². The first-order valence-corrected chi connectivity index (χ1v) is 11.7. The van der Waals surface area contributed by atoms with E-state index in [-0.39, 0.29) is 18.2 Å². The summed E-state index contributed by atoms with van der Waals surface area (Å²) in [5.74, 6) is -1.75. The summed E-state index contributed by atoms with van der Waals surface area (Å²) < 4.78 is 0. The van der Waals surface area contributed by atoms with Crippen LogP contribution in [-0.4, -0.2) is 58.9 Å². The number of carbonyl (C=O) groups is 4. The third-order valence-electron chi connectivity index (χ3n) is 4.54. The van der Waals surface area contributed by atoms with Crippen LogP contribution in [0.2, 0.25) is 0 Å². The van der Waals surface area contributed by atoms with Crippen molar-refractivity contribution in [3.8, 4) is 0 Å². The van der Waals surface area contributed by atoms with Crippen LogP contribution in [0.4, 0.5) is 0 Å². The molecule has 3 amide bonds. The molecule has 1 aromatic carbocycles. The number of amides is 3. The Morgan fingerprint density at radius 2 is 1.52 bits per heavy atom. The van der Waals surface area contributed by atoms with Crippen LogP contribution in [0.15, 0.2) is 30.3 Å². The van der Waals surface area contributed by atoms with Crippen LogP contribution in [-0.2, 0) is 25.6 Å². The second-order valence-electron chi connectivity index (χ2n) is 7.81. The molecule has 0 aliphatic heterocycles. The fourth-order valence-electron chi connectivity index (χ4n) is 3.05. The van der Waals surface area contributed by atoms with Crippen LogP contribution in [0.1, 0.15) is 39.2 Å². The van der Waals surface area contributed by atoms with Crippen molar-refractivity contribution >= 4 is 35.5 Å². The van der Waals surface area contributed by atoms with Gasteiger partial charge in [-0.05, 0) is 36.3 Å². The lowest BCUT2D eigenvalue weighted by molar-refractivity contribution is -0.142. The lowest BCUT2D eigenvalue weighted by Crippen LogP contribution is -2.56. The first-order valence-electron chi connectivity index (χ1n) is 10.3. The Hall–Kier alpha value is -2.55. The molecule has 0 radical (unpaired) electrons. The summed E-state index contributed by atoms with van der Waals surface area (Å²) in [6.45, 7) is 5.15. The van der Waals surface area contributed by atoms with Crippen molar-refractivity contribution in [2.24, 2.45) is 5.92 Å². The molecule has 0 aromatic heterocycles. The number of carbonyl (C=O) groups excluding carboxylic acids is 3. The number of hydrogen-bond donors (Lipinski definition) is 4. The van der Waals surface area contributed by atoms with Crippen molar-refractivity contribution in [3.63, 3.8) is 0 Å². The van der Waals surface area contributed by atoms with E-state index in [1.807, 2.05) is 26.2 Å². The third kappa shape index (κ3) is 10.3. The van der Waals surface area contributed by atoms with Gasteiger partial charge in [-0.3, -0.25) is 14.4 Å². The van der Waals surface area contributed by atoms with E-state index in [1.54, 1.807) is 36.0 Å². The topological polar surface area (TPSA) is 125 Å². The fraction of sp³-hybridized carbons (Fsp3) is 0.545. The molecule has 0 bridgehead atoms. The molecule has 9 heteroatoms. The Balaban J connectivity index is 2.91. The van der Waals surface area contributed by atoms with Crippen LogP contribution < -0.4 is 16.0 Å². The quantitative estimate of drug-likeness (QED) is 0.361. The highest BCUT2D eigenvalue weighted by Gasteiger charge is 2.29. The van der Waals surface area contributed by atoms with E-state index in [4.69, 9.17) is 0 Å². The molecular weight excluding hydrogens is 418 g/mol. The molecule has 0 fully saturated rings. The number of thioether (sulfide) groups is 1. The van der Waals surface area contributed by atoms with Crippen molar-refractivity contribution in [2.75, 3.05) is 12.0 Å². The maximum absolute atomic E-state index is 12.9. The van der Waals surface area contributed by atoms with Gasteiger partial charge in [-0.1, -0.05) is 44.2 Å². The van der Waals surface area contributed by atoms with E-state index in [2.05, 4.69) is 16.0 Å². The SMILES string of the molecule is CSCC[C@H](NC(C)=O)C(=O)N[C@@H](CC(C)C)C(=O)N[C@@H](Cc1ccccc1)C(=O)O. The van der Waals surface area contributed by atoms with Crippen LogP contribution in [0, 0.1) is 5.92 Å². The summed E-state index contributed by atoms with van der Waals surface area (Å²) in [5, 5.41) is 17.4. The Labute approximate surface area is 187 Å². The maximum atomic E-state index is 12.9. The van der Waals surface area contributed by atoms with Gasteiger partial charge < -0.3 is 21.1 Å². The van der Waals surface area contributed by atoms with Crippen LogP contribution in [0.25, 0.3) is 0 Å². The molecule has 0 aliphatic rings. The lowest BCUT2D eigenvalue weighted by Gasteiger charge is -2.25. The second kappa shape index (κ2) is 13.7. The summed E-state index contributed by atoms with van der Waals surface area (Å²) in [5.41, 5.74) is 0.780. The zero-order chi connectivity index (χ0) is 23.4. The van der Waals surface area contributed by atoms with E-state index in [0.717, 1.165) is 5.56 Å². The van der Waals surface area contributed by atoms with Gasteiger partial charge in [0.05, 0.1) is 0 Å². The smallest absolute Gasteiger partial charge is 0.326 e. The van der Waals surface area contributed by atoms with Gasteiger partial charge in [-0.2, -0.15) is 11.8 Å². The van der Waals surface area contributed by atoms with Gasteiger partial charge in [0.2, 0.25) is 17.7 Å². The molecule has 8 nitrogen and oxygen atoms in total. The number of nitrogens with one attached hydrogen (secondary N) is 3. The summed E-state index contributed by atoms with van der Waals surface area (Å²) >= 11 is 1.55. The monoisotopic (exact) mass is 451 g/mol. The molecular formula is C22H33N3O5S. The summed E-state index contributed by atoms with van der Waals surface area (Å²) in [4.78, 5) is 48.8. The Bertz CT molecular complexity index is 742. The van der Waals surface area contributed by atoms with Crippen molar-refractivity contribution in [1.29, 1.82) is 0 Å². The molecule has 0 unspecified atom stereocenters. The van der Waals surface area contributed by atoms with E-state index in [0.29, 0.717) is 18.6 Å². The van der Waals surface area contributed by atoms with Crippen molar-refractivity contribution in [2.45, 2.75) is 58.2 Å². The predicted octanol–water partition coefficient (Wildman–Crippen LogP) is 1.59. The minimum atomic E-state index is -1.15. The zero-order valence-electron chi connectivity index (χ0n) is 18.5. The number of carboxylic acid groups (broad SMARTS) is 1. The van der Waals surface area contributed by atoms with Gasteiger partial charge >= 0.3 is 5.97 Å². The van der Waals surface area contributed by atoms with Crippen molar-refractivity contribution < 1.29 is 24.3 Å². The molecule has 31 heavy (non-hydrogen) atoms. The molecule has 0 aliphatic carbocycles. The molecule has 1 aromatic rings. The highest BCUT2D eigenvalue weighted by molar-refractivity contribution is 7.98. The molecule has 0 spiro atoms. The van der Waals surface area contributed by atoms with Crippen molar-refractivity contribution in [3.05, 3.63) is 35.9 Å². The van der Waals surface area contributed by atoms with Gasteiger partial charge in [0.25, 0.3) is 0 Å². The molecule has 0 saturated heterocycles. The highest BCUT2D eigenvalue weighted by Crippen LogP contribution is 2.09. The second-order valence-corrected chi connectivity index (χ2v) is 8.80. The lowest BCUT2D eigenvalue weighted by atomic mass is 10.0. The maximum Gasteiger partial charge on any atom is 0.326 e. The largest absolute Gasteiger partial charge is 0.480 e. The van der Waals surface area contributed by atoms with Crippen LogP contribution >= 0.6 is 11.8 Å². The Morgan fingerprint density at radius 3 is 2.03 bits per heavy atom. The number of rotatable bonds is 13. The first kappa shape index (κ1) is 26.5. The Kier molecular flexibility index (Phi) is 11.7. The molecule has 172 valence electrons. The first-order chi connectivity index (χ1) is 14.6. The number of benzene rings is 1. The summed E-state index contributed by atoms with van der Waals surface area (Å²) in [6.07, 6.45) is 2.79. The van der Waals surface area contributed by atoms with E-state index in [1.165, 1.54) is 6.92 Å². The highest BCUT2D eigenvalue weighted by atomic mass is 32.2. The predicted molar refractivity (Wildman–Crippen MR) is 122 cm³/mol. The van der Waals surface area contributed by atoms with Gasteiger partial charge in [-0.25, -0.2) is 4.79 Å². The zero-order valence-corrected chi connectivity index (χ0v) is 19.3. The van der Waals surface area contributed by atoms with Gasteiger partial charge in [0.1, 0.15) is 18.1 Å². The van der Waals surface area contributed by atoms with Crippen molar-refractivity contribution in [1.82, 2.24) is 16.0 Å². The Morgan fingerprint density at radius 1 is 0.935 bits per heavy atom. The van der Waals surface area contributed by atoms with E-state index < -0.39 is 35.9 Å². The van der Waals surface area contributed by atoms with E-state index >= 15 is 0 Å². The minimum absolute atomic E-state index is 0.0823. The molecule has 0 saturated carbocycles. The fourth-order valence-corrected chi connectivity index (χ4v) is 3.52.